The minimum atomic E-state index is -1.56. The Hall–Kier alpha value is -6.49. The zero-order valence-electron chi connectivity index (χ0n) is 38.2. The van der Waals surface area contributed by atoms with E-state index in [0.29, 0.717) is 17.5 Å². The average molecular weight is 1100 g/mol. The molecule has 386 valence electrons. The topological polar surface area (TPSA) is 382 Å². The van der Waals surface area contributed by atoms with E-state index >= 15 is 0 Å². The zero-order chi connectivity index (χ0) is 52.2. The highest BCUT2D eigenvalue weighted by molar-refractivity contribution is 14.1. The molecule has 70 heavy (non-hydrogen) atoms. The van der Waals surface area contributed by atoms with Gasteiger partial charge in [-0.2, -0.15) is 0 Å². The fourth-order valence-electron chi connectivity index (χ4n) is 6.83. The molecule has 25 nitrogen and oxygen atoms in total. The third-order valence-corrected chi connectivity index (χ3v) is 11.2. The van der Waals surface area contributed by atoms with Crippen molar-refractivity contribution in [2.45, 2.75) is 76.2 Å². The molecule has 0 bridgehead atoms. The Morgan fingerprint density at radius 3 is 1.67 bits per heavy atom. The Balaban J connectivity index is 2.08. The molecule has 2 aromatic rings. The second kappa shape index (κ2) is 32.3. The molecule has 0 saturated carbocycles. The van der Waals surface area contributed by atoms with Crippen LogP contribution in [-0.4, -0.2) is 194 Å². The summed E-state index contributed by atoms with van der Waals surface area (Å²) in [5, 5.41) is 77.7. The number of halogens is 1. The van der Waals surface area contributed by atoms with E-state index in [2.05, 4.69) is 49.2 Å². The van der Waals surface area contributed by atoms with E-state index in [9.17, 15) is 68.4 Å². The quantitative estimate of drug-likeness (QED) is 0.0314. The molecule has 4 amide bonds. The van der Waals surface area contributed by atoms with Gasteiger partial charge in [0.15, 0.2) is 0 Å². The first kappa shape index (κ1) is 59.6. The van der Waals surface area contributed by atoms with Gasteiger partial charge in [0, 0.05) is 80.9 Å². The molecule has 0 aliphatic carbocycles. The van der Waals surface area contributed by atoms with E-state index in [-0.39, 0.29) is 97.0 Å². The third kappa shape index (κ3) is 25.2. The first-order chi connectivity index (χ1) is 33.1. The van der Waals surface area contributed by atoms with Gasteiger partial charge in [-0.15, -0.1) is 0 Å². The normalized spacial score (nSPS) is 12.3. The highest BCUT2D eigenvalue weighted by Gasteiger charge is 2.28. The van der Waals surface area contributed by atoms with Crippen LogP contribution in [0.5, 0.6) is 0 Å². The molecule has 2 aromatic carbocycles. The van der Waals surface area contributed by atoms with Gasteiger partial charge in [-0.25, -0.2) is 14.4 Å². The molecule has 0 aliphatic heterocycles. The standard InChI is InChI=1S/C44H61IN8O17/c45-31-10-6-29(7-11-31)26-53(18-2-1-3-32(41(64)65)49-44(70)50-33(42(66)67)12-15-36(55)56)40(63)30-8-4-28(5-9-30)23-48-35(54)14-13-34(43(68)69)52(20-17-47-25-38(59)60)22-21-51(27-39(61)62)19-16-46-24-37(57)58/h4-11,32-34,46-47H,1-3,12-27H2,(H,48,54)(H,55,56)(H,57,58)(H,59,60)(H,61,62)(H,64,65)(H,66,67)(H,68,69)(H2,49,50,70)/t32-,33?,34?/m1/s1. The summed E-state index contributed by atoms with van der Waals surface area (Å²) < 4.78 is 0.972. The number of nitrogens with zero attached hydrogens (tertiary/aromatic N) is 3. The van der Waals surface area contributed by atoms with E-state index < -0.39 is 97.8 Å². The molecule has 2 unspecified atom stereocenters. The van der Waals surface area contributed by atoms with Crippen molar-refractivity contribution in [1.82, 2.24) is 41.3 Å². The molecule has 26 heteroatoms. The number of hydrogen-bond acceptors (Lipinski definition) is 14. The van der Waals surface area contributed by atoms with Crippen LogP contribution in [0.25, 0.3) is 0 Å². The van der Waals surface area contributed by atoms with Gasteiger partial charge in [0.1, 0.15) is 18.1 Å². The van der Waals surface area contributed by atoms with Crippen LogP contribution in [0.3, 0.4) is 0 Å². The number of rotatable bonds is 37. The van der Waals surface area contributed by atoms with Crippen molar-refractivity contribution >= 4 is 82.2 Å². The Bertz CT molecular complexity index is 2080. The number of urea groups is 1. The number of carboxylic acid groups (broad SMARTS) is 7. The number of carboxylic acids is 7. The minimum Gasteiger partial charge on any atom is -0.481 e. The minimum absolute atomic E-state index is 0.0212. The van der Waals surface area contributed by atoms with Crippen LogP contribution >= 0.6 is 22.6 Å². The van der Waals surface area contributed by atoms with Crippen molar-refractivity contribution < 1.29 is 83.7 Å². The third-order valence-electron chi connectivity index (χ3n) is 10.5. The number of amides is 4. The second-order valence-corrected chi connectivity index (χ2v) is 17.1. The molecule has 0 saturated heterocycles. The summed E-state index contributed by atoms with van der Waals surface area (Å²) >= 11 is 2.15. The average Bonchev–Trinajstić information content (AvgIpc) is 3.29. The Morgan fingerprint density at radius 1 is 0.557 bits per heavy atom. The van der Waals surface area contributed by atoms with Gasteiger partial charge >= 0.3 is 47.8 Å². The van der Waals surface area contributed by atoms with Crippen LogP contribution in [0.4, 0.5) is 4.79 Å². The first-order valence-corrected chi connectivity index (χ1v) is 23.1. The largest absolute Gasteiger partial charge is 0.481 e. The fraction of sp³-hybridized carbons (Fsp3) is 0.500. The van der Waals surface area contributed by atoms with Crippen molar-refractivity contribution in [3.05, 3.63) is 68.8 Å². The Kier molecular flexibility index (Phi) is 27.6. The molecule has 3 atom stereocenters. The number of carbonyl (C=O) groups excluding carboxylic acids is 3. The van der Waals surface area contributed by atoms with Crippen molar-refractivity contribution in [2.24, 2.45) is 0 Å². The van der Waals surface area contributed by atoms with Gasteiger partial charge < -0.3 is 67.2 Å². The van der Waals surface area contributed by atoms with Gasteiger partial charge in [-0.1, -0.05) is 24.3 Å². The number of nitrogens with one attached hydrogen (secondary N) is 5. The summed E-state index contributed by atoms with van der Waals surface area (Å²) in [6, 6.07) is 8.57. The lowest BCUT2D eigenvalue weighted by atomic mass is 10.1. The molecule has 0 radical (unpaired) electrons. The van der Waals surface area contributed by atoms with Gasteiger partial charge in [-0.05, 0) is 90.1 Å². The maximum Gasteiger partial charge on any atom is 0.326 e. The first-order valence-electron chi connectivity index (χ1n) is 22.0. The predicted molar refractivity (Wildman–Crippen MR) is 255 cm³/mol. The van der Waals surface area contributed by atoms with Crippen LogP contribution in [0.1, 0.15) is 66.4 Å². The molecular weight excluding hydrogens is 1040 g/mol. The number of hydrogen-bond donors (Lipinski definition) is 12. The smallest absolute Gasteiger partial charge is 0.326 e. The molecule has 0 aromatic heterocycles. The summed E-state index contributed by atoms with van der Waals surface area (Å²) in [5.41, 5.74) is 1.73. The maximum atomic E-state index is 13.9. The van der Waals surface area contributed by atoms with Crippen LogP contribution < -0.4 is 26.6 Å². The lowest BCUT2D eigenvalue weighted by molar-refractivity contribution is -0.145. The number of aliphatic carboxylic acids is 7. The summed E-state index contributed by atoms with van der Waals surface area (Å²) in [6.07, 6.45) is -0.883. The number of benzene rings is 2. The van der Waals surface area contributed by atoms with Gasteiger partial charge in [0.2, 0.25) is 5.91 Å². The fourth-order valence-corrected chi connectivity index (χ4v) is 7.19. The molecular formula is C44H61IN8O17. The van der Waals surface area contributed by atoms with E-state index in [1.807, 2.05) is 24.3 Å². The molecule has 0 spiro atoms. The van der Waals surface area contributed by atoms with Crippen molar-refractivity contribution in [2.75, 3.05) is 65.4 Å². The molecule has 12 N–H and O–H groups in total. The van der Waals surface area contributed by atoms with Crippen LogP contribution in [0.15, 0.2) is 48.5 Å². The molecule has 0 fully saturated rings. The molecule has 2 rings (SSSR count). The lowest BCUT2D eigenvalue weighted by Crippen LogP contribution is -2.51. The summed E-state index contributed by atoms with van der Waals surface area (Å²) in [5.74, 6) is -9.64. The highest BCUT2D eigenvalue weighted by atomic mass is 127. The predicted octanol–water partition coefficient (Wildman–Crippen LogP) is 0.0609. The van der Waals surface area contributed by atoms with E-state index in [0.717, 1.165) is 9.13 Å². The van der Waals surface area contributed by atoms with E-state index in [1.165, 1.54) is 9.80 Å². The van der Waals surface area contributed by atoms with E-state index in [1.54, 1.807) is 29.2 Å². The van der Waals surface area contributed by atoms with Crippen LogP contribution in [0, 0.1) is 3.57 Å². The molecule has 0 aliphatic rings. The maximum absolute atomic E-state index is 13.9. The van der Waals surface area contributed by atoms with E-state index in [4.69, 9.17) is 15.3 Å². The number of unbranched alkanes of at least 4 members (excludes halogenated alkanes) is 1. The van der Waals surface area contributed by atoms with Crippen molar-refractivity contribution in [3.8, 4) is 0 Å². The summed E-state index contributed by atoms with van der Waals surface area (Å²) in [6.45, 7) is -0.296. The van der Waals surface area contributed by atoms with Crippen molar-refractivity contribution in [1.29, 1.82) is 0 Å². The summed E-state index contributed by atoms with van der Waals surface area (Å²) in [7, 11) is 0. The van der Waals surface area contributed by atoms with Crippen molar-refractivity contribution in [3.63, 3.8) is 0 Å². The highest BCUT2D eigenvalue weighted by Crippen LogP contribution is 2.16. The second-order valence-electron chi connectivity index (χ2n) is 15.9. The van der Waals surface area contributed by atoms with Crippen LogP contribution in [-0.2, 0) is 51.4 Å². The van der Waals surface area contributed by atoms with Gasteiger partial charge in [0.25, 0.3) is 5.91 Å². The molecule has 0 heterocycles. The number of carbonyl (C=O) groups is 10. The van der Waals surface area contributed by atoms with Gasteiger partial charge in [-0.3, -0.25) is 43.4 Å². The van der Waals surface area contributed by atoms with Gasteiger partial charge in [0.05, 0.1) is 19.6 Å². The van der Waals surface area contributed by atoms with Crippen LogP contribution in [0.2, 0.25) is 0 Å². The summed E-state index contributed by atoms with van der Waals surface area (Å²) in [4.78, 5) is 124. The SMILES string of the molecule is O=C(O)CCC(NC(=O)N[C@H](CCCCN(Cc1ccc(I)cc1)C(=O)c1ccc(CNC(=O)CCC(C(=O)O)N(CCNCC(=O)O)CCN(CCNCC(=O)O)CC(=O)O)cc1)C(=O)O)C(=O)O. The monoisotopic (exact) mass is 1100 g/mol. The zero-order valence-corrected chi connectivity index (χ0v) is 40.4. The lowest BCUT2D eigenvalue weighted by Gasteiger charge is -2.31. The Morgan fingerprint density at radius 2 is 1.13 bits per heavy atom. The Labute approximate surface area is 416 Å².